The molecule has 0 aromatic rings. The van der Waals surface area contributed by atoms with Crippen LogP contribution in [-0.4, -0.2) is 36.5 Å². The Balaban J connectivity index is 1.62. The first kappa shape index (κ1) is 11.5. The lowest BCUT2D eigenvalue weighted by atomic mass is 9.90. The summed E-state index contributed by atoms with van der Waals surface area (Å²) in [5, 5.41) is 3.44. The highest BCUT2D eigenvalue weighted by Gasteiger charge is 2.40. The number of hydrogen-bond acceptors (Lipinski definition) is 2. The van der Waals surface area contributed by atoms with Crippen LogP contribution in [0.1, 0.15) is 39.0 Å². The van der Waals surface area contributed by atoms with E-state index in [0.717, 1.165) is 44.3 Å². The average Bonchev–Trinajstić information content (AvgIpc) is 2.88. The van der Waals surface area contributed by atoms with Gasteiger partial charge in [0, 0.05) is 19.1 Å². The van der Waals surface area contributed by atoms with Crippen LogP contribution in [0.5, 0.6) is 0 Å². The molecule has 2 aliphatic heterocycles. The number of nitrogens with zero attached hydrogens (tertiary/aromatic N) is 1. The zero-order chi connectivity index (χ0) is 11.8. The van der Waals surface area contributed by atoms with Crippen LogP contribution in [0.4, 0.5) is 0 Å². The monoisotopic (exact) mass is 236 g/mol. The lowest BCUT2D eigenvalue weighted by Gasteiger charge is -2.32. The Labute approximate surface area is 104 Å². The topological polar surface area (TPSA) is 32.3 Å². The van der Waals surface area contributed by atoms with Gasteiger partial charge in [-0.05, 0) is 51.0 Å². The highest BCUT2D eigenvalue weighted by Crippen LogP contribution is 2.38. The number of hydrogen-bond donors (Lipinski definition) is 1. The highest BCUT2D eigenvalue weighted by molar-refractivity contribution is 5.80. The molecule has 2 saturated heterocycles. The van der Waals surface area contributed by atoms with Crippen molar-refractivity contribution >= 4 is 5.91 Å². The minimum atomic E-state index is 0.238. The van der Waals surface area contributed by atoms with Gasteiger partial charge in [0.05, 0.1) is 5.92 Å². The van der Waals surface area contributed by atoms with Crippen molar-refractivity contribution in [3.8, 4) is 0 Å². The third kappa shape index (κ3) is 2.10. The fraction of sp³-hybridized carbons (Fsp3) is 0.929. The van der Waals surface area contributed by atoms with E-state index < -0.39 is 0 Å². The van der Waals surface area contributed by atoms with Crippen molar-refractivity contribution in [2.24, 2.45) is 17.8 Å². The largest absolute Gasteiger partial charge is 0.342 e. The number of amides is 1. The summed E-state index contributed by atoms with van der Waals surface area (Å²) >= 11 is 0. The number of likely N-dealkylation sites (tertiary alicyclic amines) is 1. The minimum Gasteiger partial charge on any atom is -0.342 e. The van der Waals surface area contributed by atoms with E-state index in [9.17, 15) is 4.79 Å². The van der Waals surface area contributed by atoms with Crippen LogP contribution in [-0.2, 0) is 4.79 Å². The summed E-state index contributed by atoms with van der Waals surface area (Å²) in [5.74, 6) is 2.32. The van der Waals surface area contributed by atoms with Crippen molar-refractivity contribution in [3.63, 3.8) is 0 Å². The van der Waals surface area contributed by atoms with Gasteiger partial charge in [0.2, 0.25) is 5.91 Å². The predicted octanol–water partition coefficient (Wildman–Crippen LogP) is 1.63. The third-order valence-electron chi connectivity index (χ3n) is 5.12. The van der Waals surface area contributed by atoms with Gasteiger partial charge in [-0.15, -0.1) is 0 Å². The summed E-state index contributed by atoms with van der Waals surface area (Å²) < 4.78 is 0. The molecule has 1 aliphatic carbocycles. The molecule has 1 saturated carbocycles. The maximum absolute atomic E-state index is 12.5. The van der Waals surface area contributed by atoms with Crippen molar-refractivity contribution in [2.75, 3.05) is 19.6 Å². The maximum Gasteiger partial charge on any atom is 0.227 e. The van der Waals surface area contributed by atoms with Crippen LogP contribution in [0.15, 0.2) is 0 Å². The molecule has 3 heteroatoms. The molecule has 1 N–H and O–H groups in total. The van der Waals surface area contributed by atoms with Crippen molar-refractivity contribution in [3.05, 3.63) is 0 Å². The Morgan fingerprint density at radius 1 is 1.12 bits per heavy atom. The van der Waals surface area contributed by atoms with Gasteiger partial charge < -0.3 is 10.2 Å². The second kappa shape index (κ2) is 4.60. The average molecular weight is 236 g/mol. The Kier molecular flexibility index (Phi) is 3.12. The Hall–Kier alpha value is -0.570. The normalized spacial score (nSPS) is 41.6. The molecular weight excluding hydrogens is 212 g/mol. The SMILES string of the molecule is CC1NCCCC1C(=O)N1CC2CCCC2C1. The van der Waals surface area contributed by atoms with Gasteiger partial charge in [0.15, 0.2) is 0 Å². The van der Waals surface area contributed by atoms with Crippen molar-refractivity contribution in [1.29, 1.82) is 0 Å². The molecule has 3 aliphatic rings. The van der Waals surface area contributed by atoms with Gasteiger partial charge in [-0.2, -0.15) is 0 Å². The zero-order valence-corrected chi connectivity index (χ0v) is 10.8. The third-order valence-corrected chi connectivity index (χ3v) is 5.12. The lowest BCUT2D eigenvalue weighted by molar-refractivity contribution is -0.136. The lowest BCUT2D eigenvalue weighted by Crippen LogP contribution is -2.47. The molecule has 4 atom stereocenters. The number of piperidine rings is 1. The number of carbonyl (C=O) groups excluding carboxylic acids is 1. The fourth-order valence-electron chi connectivity index (χ4n) is 4.03. The van der Waals surface area contributed by atoms with E-state index in [2.05, 4.69) is 17.1 Å². The Morgan fingerprint density at radius 3 is 2.47 bits per heavy atom. The standard InChI is InChI=1S/C14H24N2O/c1-10-13(6-3-7-15-10)14(17)16-8-11-4-2-5-12(11)9-16/h10-13,15H,2-9H2,1H3. The smallest absolute Gasteiger partial charge is 0.227 e. The van der Waals surface area contributed by atoms with Gasteiger partial charge in [0.25, 0.3) is 0 Å². The second-order valence-electron chi connectivity index (χ2n) is 6.19. The van der Waals surface area contributed by atoms with Gasteiger partial charge in [-0.3, -0.25) is 4.79 Å². The Bertz CT molecular complexity index is 293. The fourth-order valence-corrected chi connectivity index (χ4v) is 4.03. The molecular formula is C14H24N2O. The second-order valence-corrected chi connectivity index (χ2v) is 6.19. The van der Waals surface area contributed by atoms with E-state index in [1.54, 1.807) is 0 Å². The molecule has 17 heavy (non-hydrogen) atoms. The van der Waals surface area contributed by atoms with E-state index in [0.29, 0.717) is 11.9 Å². The van der Waals surface area contributed by atoms with E-state index >= 15 is 0 Å². The van der Waals surface area contributed by atoms with Crippen LogP contribution in [0.25, 0.3) is 0 Å². The number of nitrogens with one attached hydrogen (secondary N) is 1. The summed E-state index contributed by atoms with van der Waals surface area (Å²) in [4.78, 5) is 14.7. The van der Waals surface area contributed by atoms with Crippen molar-refractivity contribution in [2.45, 2.75) is 45.1 Å². The molecule has 0 spiro atoms. The highest BCUT2D eigenvalue weighted by atomic mass is 16.2. The summed E-state index contributed by atoms with van der Waals surface area (Å²) in [6.07, 6.45) is 6.33. The molecule has 0 aromatic heterocycles. The van der Waals surface area contributed by atoms with Crippen molar-refractivity contribution < 1.29 is 4.79 Å². The van der Waals surface area contributed by atoms with Crippen LogP contribution in [0.3, 0.4) is 0 Å². The number of carbonyl (C=O) groups is 1. The van der Waals surface area contributed by atoms with Crippen LogP contribution in [0, 0.1) is 17.8 Å². The van der Waals surface area contributed by atoms with Crippen LogP contribution >= 0.6 is 0 Å². The molecule has 3 rings (SSSR count). The van der Waals surface area contributed by atoms with E-state index in [-0.39, 0.29) is 5.92 Å². The molecule has 0 radical (unpaired) electrons. The summed E-state index contributed by atoms with van der Waals surface area (Å²) in [5.41, 5.74) is 0. The molecule has 1 amide bonds. The van der Waals surface area contributed by atoms with Gasteiger partial charge in [-0.1, -0.05) is 6.42 Å². The van der Waals surface area contributed by atoms with Crippen LogP contribution < -0.4 is 5.32 Å². The van der Waals surface area contributed by atoms with Crippen LogP contribution in [0.2, 0.25) is 0 Å². The minimum absolute atomic E-state index is 0.238. The molecule has 3 nitrogen and oxygen atoms in total. The van der Waals surface area contributed by atoms with Gasteiger partial charge in [-0.25, -0.2) is 0 Å². The molecule has 4 unspecified atom stereocenters. The van der Waals surface area contributed by atoms with Crippen molar-refractivity contribution in [1.82, 2.24) is 10.2 Å². The zero-order valence-electron chi connectivity index (χ0n) is 10.8. The molecule has 3 fully saturated rings. The quantitative estimate of drug-likeness (QED) is 0.750. The van der Waals surface area contributed by atoms with E-state index in [1.165, 1.54) is 19.3 Å². The summed E-state index contributed by atoms with van der Waals surface area (Å²) in [6.45, 7) is 5.34. The predicted molar refractivity (Wildman–Crippen MR) is 67.6 cm³/mol. The van der Waals surface area contributed by atoms with E-state index in [4.69, 9.17) is 0 Å². The first-order valence-corrected chi connectivity index (χ1v) is 7.28. The molecule has 2 heterocycles. The number of fused-ring (bicyclic) bond motifs is 1. The summed E-state index contributed by atoms with van der Waals surface area (Å²) in [7, 11) is 0. The summed E-state index contributed by atoms with van der Waals surface area (Å²) in [6, 6.07) is 0.372. The first-order chi connectivity index (χ1) is 8.25. The molecule has 0 aromatic carbocycles. The van der Waals surface area contributed by atoms with E-state index in [1.807, 2.05) is 0 Å². The first-order valence-electron chi connectivity index (χ1n) is 7.28. The number of rotatable bonds is 1. The molecule has 96 valence electrons. The van der Waals surface area contributed by atoms with Gasteiger partial charge in [0.1, 0.15) is 0 Å². The maximum atomic E-state index is 12.5. The van der Waals surface area contributed by atoms with Gasteiger partial charge >= 0.3 is 0 Å². The molecule has 0 bridgehead atoms. The Morgan fingerprint density at radius 2 is 1.82 bits per heavy atom.